The highest BCUT2D eigenvalue weighted by molar-refractivity contribution is 5.93. The highest BCUT2D eigenvalue weighted by Crippen LogP contribution is 2.15. The molecule has 1 amide bonds. The van der Waals surface area contributed by atoms with E-state index in [4.69, 9.17) is 0 Å². The van der Waals surface area contributed by atoms with Crippen LogP contribution in [0.25, 0.3) is 11.5 Å². The van der Waals surface area contributed by atoms with Crippen LogP contribution in [0.3, 0.4) is 0 Å². The molecule has 0 spiro atoms. The predicted octanol–water partition coefficient (Wildman–Crippen LogP) is 1.22. The molecule has 11 heteroatoms. The van der Waals surface area contributed by atoms with Gasteiger partial charge in [-0.1, -0.05) is 0 Å². The fraction of sp³-hybridized carbons (Fsp3) is 0.211. The number of rotatable bonds is 5. The highest BCUT2D eigenvalue weighted by Gasteiger charge is 2.19. The minimum atomic E-state index is -0.825. The Morgan fingerprint density at radius 3 is 2.47 bits per heavy atom. The lowest BCUT2D eigenvalue weighted by Crippen LogP contribution is -2.33. The van der Waals surface area contributed by atoms with E-state index in [1.54, 1.807) is 41.9 Å². The van der Waals surface area contributed by atoms with Crippen molar-refractivity contribution < 1.29 is 4.79 Å². The van der Waals surface area contributed by atoms with Gasteiger partial charge in [0.2, 0.25) is 5.91 Å². The van der Waals surface area contributed by atoms with E-state index in [0.717, 1.165) is 21.8 Å². The highest BCUT2D eigenvalue weighted by atomic mass is 16.2. The van der Waals surface area contributed by atoms with Crippen LogP contribution in [-0.2, 0) is 4.79 Å². The molecule has 3 aromatic heterocycles. The molecule has 152 valence electrons. The first-order valence-electron chi connectivity index (χ1n) is 9.20. The van der Waals surface area contributed by atoms with Crippen molar-refractivity contribution in [3.05, 3.63) is 70.5 Å². The van der Waals surface area contributed by atoms with Crippen molar-refractivity contribution in [2.45, 2.75) is 26.8 Å². The zero-order chi connectivity index (χ0) is 21.3. The smallest absolute Gasteiger partial charge is 0.267 e. The molecular weight excluding hydrogens is 386 g/mol. The van der Waals surface area contributed by atoms with Gasteiger partial charge in [0.25, 0.3) is 5.56 Å². The number of tetrazole rings is 1. The predicted molar refractivity (Wildman–Crippen MR) is 108 cm³/mol. The quantitative estimate of drug-likeness (QED) is 0.529. The molecule has 0 fully saturated rings. The van der Waals surface area contributed by atoms with Crippen molar-refractivity contribution in [3.8, 4) is 11.5 Å². The van der Waals surface area contributed by atoms with E-state index in [0.29, 0.717) is 11.5 Å². The first kappa shape index (κ1) is 19.2. The average molecular weight is 405 g/mol. The van der Waals surface area contributed by atoms with Crippen molar-refractivity contribution in [2.75, 3.05) is 5.32 Å². The zero-order valence-corrected chi connectivity index (χ0v) is 16.6. The van der Waals surface area contributed by atoms with Gasteiger partial charge in [0.15, 0.2) is 5.82 Å². The normalized spacial score (nSPS) is 12.0. The lowest BCUT2D eigenvalue weighted by atomic mass is 10.2. The number of anilines is 1. The summed E-state index contributed by atoms with van der Waals surface area (Å²) < 4.78 is 4.28. The van der Waals surface area contributed by atoms with Crippen molar-refractivity contribution in [3.63, 3.8) is 0 Å². The zero-order valence-electron chi connectivity index (χ0n) is 16.6. The second kappa shape index (κ2) is 7.70. The first-order valence-corrected chi connectivity index (χ1v) is 9.20. The number of benzene rings is 1. The maximum atomic E-state index is 12.7. The summed E-state index contributed by atoms with van der Waals surface area (Å²) in [5, 5.41) is 22.5. The molecule has 4 rings (SSSR count). The second-order valence-electron chi connectivity index (χ2n) is 6.78. The van der Waals surface area contributed by atoms with Gasteiger partial charge in [-0.25, -0.2) is 14.0 Å². The summed E-state index contributed by atoms with van der Waals surface area (Å²) in [7, 11) is 0. The molecule has 0 aliphatic carbocycles. The molecule has 3 heterocycles. The molecule has 4 aromatic rings. The molecule has 30 heavy (non-hydrogen) atoms. The summed E-state index contributed by atoms with van der Waals surface area (Å²) in [5.41, 5.74) is 2.66. The number of carbonyl (C=O) groups excluding carboxylic acids is 1. The van der Waals surface area contributed by atoms with Gasteiger partial charge in [-0.2, -0.15) is 5.10 Å². The lowest BCUT2D eigenvalue weighted by Gasteiger charge is -2.15. The third-order valence-electron chi connectivity index (χ3n) is 4.53. The Balaban J connectivity index is 1.54. The third-order valence-corrected chi connectivity index (χ3v) is 4.53. The van der Waals surface area contributed by atoms with Gasteiger partial charge in [0.05, 0.1) is 11.4 Å². The van der Waals surface area contributed by atoms with Gasteiger partial charge in [-0.3, -0.25) is 9.59 Å². The summed E-state index contributed by atoms with van der Waals surface area (Å²) >= 11 is 0. The van der Waals surface area contributed by atoms with Crippen LogP contribution in [0.15, 0.2) is 53.6 Å². The molecule has 0 bridgehead atoms. The minimum absolute atomic E-state index is 0.370. The Hall–Kier alpha value is -4.15. The topological polar surface area (TPSA) is 125 Å². The van der Waals surface area contributed by atoms with Crippen LogP contribution >= 0.6 is 0 Å². The third kappa shape index (κ3) is 3.72. The number of aryl methyl sites for hydroxylation is 2. The molecule has 1 N–H and O–H groups in total. The summed E-state index contributed by atoms with van der Waals surface area (Å²) in [5.74, 6) is 0.0935. The first-order chi connectivity index (χ1) is 14.4. The Kier molecular flexibility index (Phi) is 4.92. The van der Waals surface area contributed by atoms with E-state index in [1.807, 2.05) is 19.9 Å². The van der Waals surface area contributed by atoms with Gasteiger partial charge in [-0.15, -0.1) is 10.2 Å². The van der Waals surface area contributed by atoms with Crippen LogP contribution in [0.5, 0.6) is 0 Å². The summed E-state index contributed by atoms with van der Waals surface area (Å²) in [4.78, 5) is 25.1. The van der Waals surface area contributed by atoms with E-state index in [2.05, 4.69) is 31.0 Å². The number of hydrogen-bond acceptors (Lipinski definition) is 7. The van der Waals surface area contributed by atoms with E-state index in [-0.39, 0.29) is 11.5 Å². The lowest BCUT2D eigenvalue weighted by molar-refractivity contribution is -0.119. The van der Waals surface area contributed by atoms with Gasteiger partial charge < -0.3 is 5.32 Å². The maximum Gasteiger partial charge on any atom is 0.267 e. The number of hydrogen-bond donors (Lipinski definition) is 1. The molecule has 1 aromatic carbocycles. The van der Waals surface area contributed by atoms with Gasteiger partial charge in [0.1, 0.15) is 12.4 Å². The van der Waals surface area contributed by atoms with Crippen LogP contribution in [0, 0.1) is 13.8 Å². The monoisotopic (exact) mass is 405 g/mol. The Labute approximate surface area is 171 Å². The molecule has 0 aliphatic rings. The Bertz CT molecular complexity index is 1240. The molecule has 0 radical (unpaired) electrons. The number of amides is 1. The number of carbonyl (C=O) groups is 1. The number of aromatic nitrogens is 8. The van der Waals surface area contributed by atoms with Crippen LogP contribution in [-0.4, -0.2) is 45.7 Å². The average Bonchev–Trinajstić information content (AvgIpc) is 3.38. The molecule has 11 nitrogen and oxygen atoms in total. The Morgan fingerprint density at radius 1 is 1.07 bits per heavy atom. The summed E-state index contributed by atoms with van der Waals surface area (Å²) in [6.45, 7) is 5.39. The van der Waals surface area contributed by atoms with Crippen molar-refractivity contribution >= 4 is 11.6 Å². The Morgan fingerprint density at radius 2 is 1.83 bits per heavy atom. The van der Waals surface area contributed by atoms with Gasteiger partial charge in [0, 0.05) is 17.4 Å². The fourth-order valence-corrected chi connectivity index (χ4v) is 3.00. The number of nitrogens with one attached hydrogen (secondary N) is 1. The maximum absolute atomic E-state index is 12.7. The van der Waals surface area contributed by atoms with Crippen molar-refractivity contribution in [1.29, 1.82) is 0 Å². The molecule has 1 atom stereocenters. The van der Waals surface area contributed by atoms with E-state index in [1.165, 1.54) is 17.1 Å². The SMILES string of the molecule is Cc1cc(C)n(-c2ccc(=O)n([C@@H](C)C(=O)Nc3ccc(-n4cnnn4)cc3)n2)n1. The van der Waals surface area contributed by atoms with E-state index in [9.17, 15) is 9.59 Å². The molecule has 0 aliphatic heterocycles. The number of nitrogens with zero attached hydrogens (tertiary/aromatic N) is 8. The fourth-order valence-electron chi connectivity index (χ4n) is 3.00. The molecular formula is C19H19N9O2. The van der Waals surface area contributed by atoms with Crippen LogP contribution in [0.4, 0.5) is 5.69 Å². The molecule has 0 saturated heterocycles. The molecule has 0 unspecified atom stereocenters. The van der Waals surface area contributed by atoms with Crippen LogP contribution in [0.2, 0.25) is 0 Å². The van der Waals surface area contributed by atoms with E-state index >= 15 is 0 Å². The second-order valence-corrected chi connectivity index (χ2v) is 6.78. The van der Waals surface area contributed by atoms with Crippen LogP contribution < -0.4 is 10.9 Å². The summed E-state index contributed by atoms with van der Waals surface area (Å²) in [6, 6.07) is 11.0. The van der Waals surface area contributed by atoms with Crippen molar-refractivity contribution in [1.82, 2.24) is 39.8 Å². The van der Waals surface area contributed by atoms with E-state index < -0.39 is 6.04 Å². The standard InChI is InChI=1S/C19H19N9O2/c1-12-10-13(2)27(22-12)17-8-9-18(29)28(23-17)14(3)19(30)21-15-4-6-16(7-5-15)26-11-20-24-25-26/h4-11,14H,1-3H3,(H,21,30)/t14-/m0/s1. The molecule has 0 saturated carbocycles. The van der Waals surface area contributed by atoms with Gasteiger partial charge >= 0.3 is 0 Å². The minimum Gasteiger partial charge on any atom is -0.324 e. The van der Waals surface area contributed by atoms with Crippen LogP contribution in [0.1, 0.15) is 24.4 Å². The van der Waals surface area contributed by atoms with Gasteiger partial charge in [-0.05, 0) is 67.6 Å². The summed E-state index contributed by atoms with van der Waals surface area (Å²) in [6.07, 6.45) is 1.48. The largest absolute Gasteiger partial charge is 0.324 e. The van der Waals surface area contributed by atoms with Crippen molar-refractivity contribution in [2.24, 2.45) is 0 Å².